The van der Waals surface area contributed by atoms with E-state index in [9.17, 15) is 13.2 Å². The molecule has 1 saturated heterocycles. The lowest BCUT2D eigenvalue weighted by atomic mass is 10.2. The summed E-state index contributed by atoms with van der Waals surface area (Å²) < 4.78 is 27.4. The van der Waals surface area contributed by atoms with E-state index in [1.54, 1.807) is 24.3 Å². The normalized spacial score (nSPS) is 16.3. The van der Waals surface area contributed by atoms with Crippen molar-refractivity contribution in [1.82, 2.24) is 9.88 Å². The van der Waals surface area contributed by atoms with Gasteiger partial charge in [-0.25, -0.2) is 8.42 Å². The summed E-state index contributed by atoms with van der Waals surface area (Å²) in [5.41, 5.74) is 3.15. The first-order valence-corrected chi connectivity index (χ1v) is 9.49. The molecule has 0 atom stereocenters. The van der Waals surface area contributed by atoms with Crippen molar-refractivity contribution in [3.63, 3.8) is 0 Å². The first kappa shape index (κ1) is 16.6. The Bertz CT molecular complexity index is 871. The fourth-order valence-corrected chi connectivity index (χ4v) is 4.41. The Hall–Kier alpha value is -2.28. The highest BCUT2D eigenvalue weighted by molar-refractivity contribution is 7.93. The molecule has 0 radical (unpaired) electrons. The van der Waals surface area contributed by atoms with Gasteiger partial charge >= 0.3 is 0 Å². The molecule has 1 aliphatic heterocycles. The molecule has 0 bridgehead atoms. The van der Waals surface area contributed by atoms with Crippen LogP contribution < -0.4 is 9.62 Å². The maximum atomic E-state index is 12.4. The third-order valence-corrected chi connectivity index (χ3v) is 6.27. The highest BCUT2D eigenvalue weighted by Gasteiger charge is 2.28. The molecule has 1 aromatic carbocycles. The fourth-order valence-electron chi connectivity index (χ4n) is 2.85. The summed E-state index contributed by atoms with van der Waals surface area (Å²) in [7, 11) is -1.29. The second-order valence-corrected chi connectivity index (χ2v) is 8.01. The van der Waals surface area contributed by atoms with Crippen LogP contribution in [0.25, 0.3) is 0 Å². The van der Waals surface area contributed by atoms with E-state index in [-0.39, 0.29) is 11.7 Å². The summed E-state index contributed by atoms with van der Waals surface area (Å²) in [4.78, 5) is 12.4. The number of sulfonamides is 1. The molecule has 0 aliphatic carbocycles. The van der Waals surface area contributed by atoms with Crippen molar-refractivity contribution in [2.24, 2.45) is 7.05 Å². The van der Waals surface area contributed by atoms with Crippen molar-refractivity contribution in [1.29, 1.82) is 0 Å². The predicted octanol–water partition coefficient (Wildman–Crippen LogP) is 1.80. The van der Waals surface area contributed by atoms with Crippen molar-refractivity contribution >= 4 is 21.6 Å². The average molecular weight is 347 g/mol. The van der Waals surface area contributed by atoms with E-state index >= 15 is 0 Å². The molecule has 0 saturated carbocycles. The lowest BCUT2D eigenvalue weighted by Gasteiger charge is -2.17. The number of carbonyl (C=O) groups is 1. The van der Waals surface area contributed by atoms with Gasteiger partial charge in [0.15, 0.2) is 0 Å². The van der Waals surface area contributed by atoms with Gasteiger partial charge in [0, 0.05) is 30.5 Å². The van der Waals surface area contributed by atoms with Gasteiger partial charge in [-0.1, -0.05) is 6.07 Å². The number of nitrogens with zero attached hydrogens (tertiary/aromatic N) is 2. The fraction of sp³-hybridized carbons (Fsp3) is 0.353. The number of aromatic nitrogens is 1. The average Bonchev–Trinajstić information content (AvgIpc) is 3.08. The minimum Gasteiger partial charge on any atom is -0.350 e. The molecular formula is C17H21N3O3S. The largest absolute Gasteiger partial charge is 0.350 e. The molecule has 1 fully saturated rings. The van der Waals surface area contributed by atoms with Gasteiger partial charge < -0.3 is 9.88 Å². The highest BCUT2D eigenvalue weighted by Crippen LogP contribution is 2.24. The number of rotatable bonds is 4. The molecule has 1 amide bonds. The summed E-state index contributed by atoms with van der Waals surface area (Å²) in [5.74, 6) is -0.0525. The van der Waals surface area contributed by atoms with Crippen LogP contribution in [0.4, 0.5) is 5.69 Å². The number of hydrogen-bond donors (Lipinski definition) is 1. The zero-order valence-corrected chi connectivity index (χ0v) is 14.6. The summed E-state index contributed by atoms with van der Waals surface area (Å²) in [5, 5.41) is 2.88. The Balaban J connectivity index is 1.74. The molecule has 1 N–H and O–H groups in total. The minimum absolute atomic E-state index is 0.163. The van der Waals surface area contributed by atoms with Crippen LogP contribution in [0, 0.1) is 6.92 Å². The van der Waals surface area contributed by atoms with E-state index in [1.165, 1.54) is 4.31 Å². The Kier molecular flexibility index (Phi) is 4.36. The van der Waals surface area contributed by atoms with Crippen LogP contribution in [0.15, 0.2) is 36.4 Å². The summed E-state index contributed by atoms with van der Waals surface area (Å²) >= 11 is 0. The van der Waals surface area contributed by atoms with E-state index in [4.69, 9.17) is 0 Å². The van der Waals surface area contributed by atoms with Gasteiger partial charge in [0.25, 0.3) is 5.91 Å². The third kappa shape index (κ3) is 3.17. The predicted molar refractivity (Wildman–Crippen MR) is 93.5 cm³/mol. The molecule has 24 heavy (non-hydrogen) atoms. The Morgan fingerprint density at radius 2 is 2.04 bits per heavy atom. The van der Waals surface area contributed by atoms with Crippen molar-refractivity contribution in [2.75, 3.05) is 16.6 Å². The van der Waals surface area contributed by atoms with E-state index < -0.39 is 10.0 Å². The molecule has 2 heterocycles. The minimum atomic E-state index is -3.24. The van der Waals surface area contributed by atoms with E-state index in [2.05, 4.69) is 5.32 Å². The summed E-state index contributed by atoms with van der Waals surface area (Å²) in [6.07, 6.45) is 0.617. The number of carbonyl (C=O) groups excluding carboxylic acids is 1. The molecule has 7 heteroatoms. The van der Waals surface area contributed by atoms with Gasteiger partial charge in [-0.15, -0.1) is 0 Å². The zero-order chi connectivity index (χ0) is 17.3. The van der Waals surface area contributed by atoms with Crippen LogP contribution in [0.2, 0.25) is 0 Å². The van der Waals surface area contributed by atoms with Crippen molar-refractivity contribution < 1.29 is 13.2 Å². The standard InChI is InChI=1S/C17H21N3O3S/c1-13-7-8-16(19(13)2)12-18-17(21)14-5-3-6-15(11-14)20-9-4-10-24(20,22)23/h3,5-8,11H,4,9-10,12H2,1-2H3,(H,18,21). The van der Waals surface area contributed by atoms with E-state index in [0.717, 1.165) is 11.4 Å². The van der Waals surface area contributed by atoms with E-state index in [0.29, 0.717) is 30.8 Å². The van der Waals surface area contributed by atoms with Crippen LogP contribution >= 0.6 is 0 Å². The number of nitrogens with one attached hydrogen (secondary N) is 1. The Morgan fingerprint density at radius 1 is 1.25 bits per heavy atom. The molecule has 128 valence electrons. The van der Waals surface area contributed by atoms with Crippen LogP contribution in [-0.2, 0) is 23.6 Å². The maximum Gasteiger partial charge on any atom is 0.251 e. The zero-order valence-electron chi connectivity index (χ0n) is 13.8. The number of anilines is 1. The number of hydrogen-bond acceptors (Lipinski definition) is 3. The SMILES string of the molecule is Cc1ccc(CNC(=O)c2cccc(N3CCCS3(=O)=O)c2)n1C. The topological polar surface area (TPSA) is 71.4 Å². The molecule has 6 nitrogen and oxygen atoms in total. The van der Waals surface area contributed by atoms with Crippen molar-refractivity contribution in [2.45, 2.75) is 19.9 Å². The second-order valence-electron chi connectivity index (χ2n) is 6.00. The first-order chi connectivity index (χ1) is 11.4. The van der Waals surface area contributed by atoms with Crippen LogP contribution in [0.5, 0.6) is 0 Å². The molecule has 1 aliphatic rings. The number of amides is 1. The van der Waals surface area contributed by atoms with Crippen LogP contribution in [-0.4, -0.2) is 31.2 Å². The molecule has 1 aromatic heterocycles. The lowest BCUT2D eigenvalue weighted by Crippen LogP contribution is -2.27. The third-order valence-electron chi connectivity index (χ3n) is 4.40. The highest BCUT2D eigenvalue weighted by atomic mass is 32.2. The number of aryl methyl sites for hydroxylation is 1. The van der Waals surface area contributed by atoms with Crippen LogP contribution in [0.1, 0.15) is 28.2 Å². The van der Waals surface area contributed by atoms with Gasteiger partial charge in [-0.3, -0.25) is 9.10 Å². The van der Waals surface area contributed by atoms with Crippen molar-refractivity contribution in [3.05, 3.63) is 53.3 Å². The smallest absolute Gasteiger partial charge is 0.251 e. The lowest BCUT2D eigenvalue weighted by molar-refractivity contribution is 0.0950. The summed E-state index contributed by atoms with van der Waals surface area (Å²) in [6.45, 7) is 2.90. The maximum absolute atomic E-state index is 12.4. The van der Waals surface area contributed by atoms with Gasteiger partial charge in [0.05, 0.1) is 18.0 Å². The molecule has 3 rings (SSSR count). The first-order valence-electron chi connectivity index (χ1n) is 7.88. The monoisotopic (exact) mass is 347 g/mol. The molecule has 0 unspecified atom stereocenters. The Morgan fingerprint density at radius 3 is 2.67 bits per heavy atom. The van der Waals surface area contributed by atoms with Gasteiger partial charge in [-0.2, -0.15) is 0 Å². The van der Waals surface area contributed by atoms with Gasteiger partial charge in [0.1, 0.15) is 0 Å². The van der Waals surface area contributed by atoms with Gasteiger partial charge in [-0.05, 0) is 43.7 Å². The molecule has 2 aromatic rings. The summed E-state index contributed by atoms with van der Waals surface area (Å²) in [6, 6.07) is 10.7. The van der Waals surface area contributed by atoms with Crippen molar-refractivity contribution in [3.8, 4) is 0 Å². The Labute approximate surface area is 142 Å². The van der Waals surface area contributed by atoms with Crippen LogP contribution in [0.3, 0.4) is 0 Å². The molecule has 0 spiro atoms. The molecular weight excluding hydrogens is 326 g/mol. The number of benzene rings is 1. The second kappa shape index (κ2) is 6.32. The van der Waals surface area contributed by atoms with Gasteiger partial charge in [0.2, 0.25) is 10.0 Å². The quantitative estimate of drug-likeness (QED) is 0.917. The van der Waals surface area contributed by atoms with E-state index in [1.807, 2.05) is 30.7 Å².